The number of rotatable bonds is 35. The molecule has 0 aliphatic heterocycles. The first-order chi connectivity index (χ1) is 44.6. The fourth-order valence-corrected chi connectivity index (χ4v) is 8.81. The second-order valence-corrected chi connectivity index (χ2v) is 21.6. The van der Waals surface area contributed by atoms with Crippen molar-refractivity contribution in [3.8, 4) is 34.8 Å². The summed E-state index contributed by atoms with van der Waals surface area (Å²) in [6.07, 6.45) is 28.3. The van der Waals surface area contributed by atoms with Crippen molar-refractivity contribution < 1.29 is 54.7 Å². The van der Waals surface area contributed by atoms with E-state index in [-0.39, 0.29) is 39.1 Å². The number of allylic oxidation sites excluding steroid dienone is 1. The molecule has 0 saturated carbocycles. The molecule has 6 rings (SSSR count). The summed E-state index contributed by atoms with van der Waals surface area (Å²) < 4.78 is 21.6. The quantitative estimate of drug-likeness (QED) is 0.0149. The largest absolute Gasteiger partial charge is 0.491 e. The van der Waals surface area contributed by atoms with Crippen LogP contribution >= 0.6 is 0 Å². The van der Waals surface area contributed by atoms with Crippen LogP contribution in [-0.4, -0.2) is 101 Å². The van der Waals surface area contributed by atoms with E-state index in [2.05, 4.69) is 102 Å². The fourth-order valence-electron chi connectivity index (χ4n) is 8.81. The average molecular weight is 1260 g/mol. The maximum atomic E-state index is 8.94. The lowest BCUT2D eigenvalue weighted by Gasteiger charge is -2.15. The number of aliphatic hydroxyl groups excluding tert-OH is 7. The van der Waals surface area contributed by atoms with Crippen LogP contribution in [0, 0.1) is 11.8 Å². The molecule has 6 aromatic carbocycles. The van der Waals surface area contributed by atoms with Gasteiger partial charge in [0.2, 0.25) is 0 Å². The Kier molecular flexibility index (Phi) is 57.9. The number of para-hydroxylation sites is 2. The lowest BCUT2D eigenvalue weighted by molar-refractivity contribution is 0.128. The van der Waals surface area contributed by atoms with E-state index in [1.165, 1.54) is 105 Å². The molecule has 7 N–H and O–H groups in total. The van der Waals surface area contributed by atoms with Gasteiger partial charge in [-0.05, 0) is 159 Å². The Morgan fingerprint density at radius 1 is 0.418 bits per heavy atom. The highest BCUT2D eigenvalue weighted by Crippen LogP contribution is 2.22. The first kappa shape index (κ1) is 84.5. The Hall–Kier alpha value is -6.46. The van der Waals surface area contributed by atoms with Gasteiger partial charge in [-0.15, -0.1) is 0 Å². The number of unbranched alkanes of at least 4 members (excludes halogenated alkanes) is 9. The van der Waals surface area contributed by atoms with Crippen LogP contribution in [0.25, 0.3) is 6.08 Å². The molecule has 0 aliphatic carbocycles. The highest BCUT2D eigenvalue weighted by molar-refractivity contribution is 5.51. The molecule has 0 unspecified atom stereocenters. The van der Waals surface area contributed by atoms with Crippen molar-refractivity contribution in [3.63, 3.8) is 0 Å². The van der Waals surface area contributed by atoms with Crippen LogP contribution in [0.4, 0.5) is 0 Å². The number of aryl methyl sites for hydroxylation is 5. The van der Waals surface area contributed by atoms with E-state index in [1.807, 2.05) is 123 Å². The van der Waals surface area contributed by atoms with Gasteiger partial charge >= 0.3 is 0 Å². The van der Waals surface area contributed by atoms with E-state index in [0.29, 0.717) is 33.0 Å². The van der Waals surface area contributed by atoms with Gasteiger partial charge in [-0.25, -0.2) is 0 Å². The molecule has 0 spiro atoms. The maximum absolute atomic E-state index is 8.94. The SMILES string of the molecule is CC/C=C/c1cccc(OCCO)c1.CCC#Cc1ccccc1OCCO.CCCCCCCCCO.CCCCc1cccc(OCCO)c1.CCCCc1ccccc1O[C@H](C)CO.CCCc1ccccc1CCCCO.CCc1ccccc1CO. The smallest absolute Gasteiger partial charge is 0.135 e. The van der Waals surface area contributed by atoms with Gasteiger partial charge < -0.3 is 54.7 Å². The van der Waals surface area contributed by atoms with Gasteiger partial charge in [0.1, 0.15) is 48.9 Å². The van der Waals surface area contributed by atoms with Gasteiger partial charge in [-0.3, -0.25) is 0 Å². The normalized spacial score (nSPS) is 10.5. The van der Waals surface area contributed by atoms with E-state index in [1.54, 1.807) is 0 Å². The van der Waals surface area contributed by atoms with E-state index in [4.69, 9.17) is 54.7 Å². The van der Waals surface area contributed by atoms with Crippen molar-refractivity contribution in [2.75, 3.05) is 59.5 Å². The van der Waals surface area contributed by atoms with Crippen LogP contribution in [0.1, 0.15) is 203 Å². The lowest BCUT2D eigenvalue weighted by atomic mass is 9.99. The second-order valence-electron chi connectivity index (χ2n) is 21.6. The molecule has 0 saturated heterocycles. The molecule has 0 radical (unpaired) electrons. The monoisotopic (exact) mass is 1260 g/mol. The first-order valence-electron chi connectivity index (χ1n) is 34.0. The molecule has 1 atom stereocenters. The summed E-state index contributed by atoms with van der Waals surface area (Å²) in [5.74, 6) is 9.31. The maximum Gasteiger partial charge on any atom is 0.135 e. The Balaban J connectivity index is 0.00000104. The molecule has 0 amide bonds. The van der Waals surface area contributed by atoms with E-state index in [0.717, 1.165) is 97.5 Å². The Morgan fingerprint density at radius 2 is 0.923 bits per heavy atom. The number of ether oxygens (including phenoxy) is 4. The Labute approximate surface area is 551 Å². The van der Waals surface area contributed by atoms with Gasteiger partial charge in [0.15, 0.2) is 0 Å². The van der Waals surface area contributed by atoms with Crippen LogP contribution in [0.2, 0.25) is 0 Å². The Morgan fingerprint density at radius 3 is 1.48 bits per heavy atom. The zero-order chi connectivity index (χ0) is 67.1. The van der Waals surface area contributed by atoms with Crippen molar-refractivity contribution in [1.82, 2.24) is 0 Å². The van der Waals surface area contributed by atoms with Crippen LogP contribution in [0.15, 0.2) is 152 Å². The lowest BCUT2D eigenvalue weighted by Crippen LogP contribution is -2.17. The minimum atomic E-state index is -0.132. The predicted molar refractivity (Wildman–Crippen MR) is 382 cm³/mol. The van der Waals surface area contributed by atoms with Crippen LogP contribution < -0.4 is 18.9 Å². The van der Waals surface area contributed by atoms with Gasteiger partial charge in [-0.1, -0.05) is 233 Å². The average Bonchev–Trinajstić information content (AvgIpc) is 3.66. The highest BCUT2D eigenvalue weighted by atomic mass is 16.5. The standard InChI is InChI=1S/C13H20O2.C13H20O.C12H14O2.C12H18O2.C12H16O2.C9H12O.C9H20O/c1-3-4-7-12-8-5-6-9-13(12)15-11(2)10-14;1-2-7-12-8-3-4-9-13(12)10-5-6-11-14;1-2-3-6-11-7-4-5-8-12(11)14-10-9-13;2*1-2-3-5-11-6-4-7-12(10-11)14-9-8-13;1-2-8-5-3-4-6-9(8)7-10;1-2-3-4-5-6-7-8-9-10/h5-6,8-9,11,14H,3-4,7,10H2,1-2H3;3-4,8-9,14H,2,5-7,10-11H2,1H3;4-5,7-8,13H,2,9-10H2,1H3;4,6-7,10,13H,2-3,5,8-9H2,1H3;3-7,10,13H,2,8-9H2,1H3;3-6,10H,2,7H2,1H3;10H,2-9H2,1H3/b;;;;5-3+;;/t11-;;;;;;/m1....../s1. The van der Waals surface area contributed by atoms with Crippen LogP contribution in [0.3, 0.4) is 0 Å². The topological polar surface area (TPSA) is 179 Å². The Bertz CT molecular complexity index is 2620. The summed E-state index contributed by atoms with van der Waals surface area (Å²) in [6, 6.07) is 48.1. The van der Waals surface area contributed by atoms with Crippen molar-refractivity contribution >= 4 is 6.08 Å². The summed E-state index contributed by atoms with van der Waals surface area (Å²) in [7, 11) is 0. The molecule has 0 heterocycles. The molecular weight excluding hydrogens is 1140 g/mol. The van der Waals surface area contributed by atoms with Crippen molar-refractivity contribution in [3.05, 3.63) is 196 Å². The van der Waals surface area contributed by atoms with Gasteiger partial charge in [0.25, 0.3) is 0 Å². The third kappa shape index (κ3) is 45.5. The van der Waals surface area contributed by atoms with Gasteiger partial charge in [-0.2, -0.15) is 0 Å². The molecule has 0 bridgehead atoms. The highest BCUT2D eigenvalue weighted by Gasteiger charge is 2.07. The summed E-state index contributed by atoms with van der Waals surface area (Å²) in [5, 5.41) is 60.8. The van der Waals surface area contributed by atoms with E-state index < -0.39 is 0 Å². The third-order valence-electron chi connectivity index (χ3n) is 13.8. The molecule has 91 heavy (non-hydrogen) atoms. The van der Waals surface area contributed by atoms with Gasteiger partial charge in [0, 0.05) is 19.6 Å². The van der Waals surface area contributed by atoms with Crippen molar-refractivity contribution in [1.29, 1.82) is 0 Å². The molecule has 0 fully saturated rings. The molecule has 6 aromatic rings. The van der Waals surface area contributed by atoms with Gasteiger partial charge in [0.05, 0.1) is 38.6 Å². The summed E-state index contributed by atoms with van der Waals surface area (Å²) >= 11 is 0. The summed E-state index contributed by atoms with van der Waals surface area (Å²) in [5.41, 5.74) is 9.78. The second kappa shape index (κ2) is 62.4. The van der Waals surface area contributed by atoms with Crippen LogP contribution in [-0.2, 0) is 38.7 Å². The van der Waals surface area contributed by atoms with Crippen LogP contribution in [0.5, 0.6) is 23.0 Å². The molecule has 0 aromatic heterocycles. The molecule has 11 nitrogen and oxygen atoms in total. The molecular formula is C80H120O11. The zero-order valence-electron chi connectivity index (χ0n) is 57.3. The predicted octanol–water partition coefficient (Wildman–Crippen LogP) is 16.9. The third-order valence-corrected chi connectivity index (χ3v) is 13.8. The molecule has 0 aliphatic rings. The summed E-state index contributed by atoms with van der Waals surface area (Å²) in [4.78, 5) is 0. The minimum Gasteiger partial charge on any atom is -0.491 e. The number of aliphatic hydroxyl groups is 7. The number of benzene rings is 6. The summed E-state index contributed by atoms with van der Waals surface area (Å²) in [6.45, 7) is 18.9. The number of hydrogen-bond acceptors (Lipinski definition) is 11. The van der Waals surface area contributed by atoms with Crippen molar-refractivity contribution in [2.45, 2.75) is 203 Å². The fraction of sp³-hybridized carbons (Fsp3) is 0.500. The zero-order valence-corrected chi connectivity index (χ0v) is 57.3. The molecule has 11 heteroatoms. The van der Waals surface area contributed by atoms with E-state index in [9.17, 15) is 0 Å². The molecule has 506 valence electrons. The minimum absolute atomic E-state index is 0.0234. The van der Waals surface area contributed by atoms with Crippen molar-refractivity contribution in [2.24, 2.45) is 0 Å². The first-order valence-corrected chi connectivity index (χ1v) is 34.0. The van der Waals surface area contributed by atoms with E-state index >= 15 is 0 Å². The number of hydrogen-bond donors (Lipinski definition) is 7.